The van der Waals surface area contributed by atoms with Gasteiger partial charge in [0, 0.05) is 34.8 Å². The molecule has 112 valence electrons. The minimum Gasteiger partial charge on any atom is -0.389 e. The molecule has 0 bridgehead atoms. The Bertz CT molecular complexity index is 488. The van der Waals surface area contributed by atoms with Crippen LogP contribution in [0.15, 0.2) is 12.1 Å². The Morgan fingerprint density at radius 1 is 1.35 bits per heavy atom. The molecule has 2 nitrogen and oxygen atoms in total. The number of thioether (sulfide) groups is 1. The third-order valence-corrected chi connectivity index (χ3v) is 5.31. The maximum absolute atomic E-state index is 13.8. The minimum atomic E-state index is -0.649. The first-order chi connectivity index (χ1) is 9.30. The first kappa shape index (κ1) is 15.6. The van der Waals surface area contributed by atoms with Crippen LogP contribution in [0.25, 0.3) is 0 Å². The molecule has 2 rings (SSSR count). The molecule has 0 spiro atoms. The van der Waals surface area contributed by atoms with Crippen molar-refractivity contribution in [3.05, 3.63) is 29.1 Å². The quantitative estimate of drug-likeness (QED) is 0.895. The van der Waals surface area contributed by atoms with E-state index in [0.717, 1.165) is 31.0 Å². The molecule has 0 aliphatic carbocycles. The van der Waals surface area contributed by atoms with Gasteiger partial charge in [-0.2, -0.15) is 11.8 Å². The summed E-state index contributed by atoms with van der Waals surface area (Å²) in [4.78, 5) is 2.29. The molecule has 1 fully saturated rings. The average Bonchev–Trinajstić information content (AvgIpc) is 2.53. The number of benzene rings is 1. The molecule has 1 aliphatic heterocycles. The van der Waals surface area contributed by atoms with Crippen LogP contribution in [0.2, 0.25) is 0 Å². The zero-order valence-corrected chi connectivity index (χ0v) is 13.6. The van der Waals surface area contributed by atoms with Gasteiger partial charge in [-0.1, -0.05) is 13.8 Å². The zero-order chi connectivity index (χ0) is 14.9. The van der Waals surface area contributed by atoms with E-state index in [1.165, 1.54) is 6.07 Å². The van der Waals surface area contributed by atoms with Crippen molar-refractivity contribution in [3.8, 4) is 0 Å². The van der Waals surface area contributed by atoms with E-state index in [1.807, 2.05) is 17.8 Å². The first-order valence-corrected chi connectivity index (χ1v) is 8.16. The maximum Gasteiger partial charge on any atom is 0.126 e. The summed E-state index contributed by atoms with van der Waals surface area (Å²) in [5.74, 6) is 0.817. The van der Waals surface area contributed by atoms with Crippen LogP contribution >= 0.6 is 11.8 Å². The van der Waals surface area contributed by atoms with Gasteiger partial charge >= 0.3 is 0 Å². The third-order valence-electron chi connectivity index (χ3n) is 3.94. The number of anilines is 1. The monoisotopic (exact) mass is 297 g/mol. The molecule has 0 unspecified atom stereocenters. The molecule has 0 radical (unpaired) electrons. The van der Waals surface area contributed by atoms with E-state index in [9.17, 15) is 9.50 Å². The Balaban J connectivity index is 2.34. The Labute approximate surface area is 125 Å². The van der Waals surface area contributed by atoms with Crippen molar-refractivity contribution in [1.82, 2.24) is 0 Å². The molecule has 1 aromatic rings. The van der Waals surface area contributed by atoms with E-state index < -0.39 is 6.10 Å². The van der Waals surface area contributed by atoms with Crippen molar-refractivity contribution < 1.29 is 9.50 Å². The summed E-state index contributed by atoms with van der Waals surface area (Å²) in [6, 6.07) is 3.36. The van der Waals surface area contributed by atoms with Crippen molar-refractivity contribution in [2.45, 2.75) is 45.0 Å². The highest BCUT2D eigenvalue weighted by molar-refractivity contribution is 8.00. The normalized spacial score (nSPS) is 20.6. The Hall–Kier alpha value is -0.740. The molecule has 4 heteroatoms. The number of aliphatic hydroxyl groups excluding tert-OH is 1. The molecular formula is C16H24FNOS. The van der Waals surface area contributed by atoms with Gasteiger partial charge in [-0.15, -0.1) is 0 Å². The summed E-state index contributed by atoms with van der Waals surface area (Å²) in [6.07, 6.45) is 0.442. The van der Waals surface area contributed by atoms with Crippen molar-refractivity contribution >= 4 is 17.4 Å². The molecule has 1 aliphatic rings. The van der Waals surface area contributed by atoms with Gasteiger partial charge in [0.2, 0.25) is 0 Å². The van der Waals surface area contributed by atoms with Crippen molar-refractivity contribution in [2.75, 3.05) is 23.7 Å². The van der Waals surface area contributed by atoms with Crippen LogP contribution in [0.1, 0.15) is 44.4 Å². The lowest BCUT2D eigenvalue weighted by Crippen LogP contribution is -2.28. The van der Waals surface area contributed by atoms with Crippen LogP contribution in [0, 0.1) is 12.7 Å². The van der Waals surface area contributed by atoms with E-state index in [-0.39, 0.29) is 10.6 Å². The Morgan fingerprint density at radius 2 is 2.05 bits per heavy atom. The molecular weight excluding hydrogens is 273 g/mol. The second-order valence-corrected chi connectivity index (χ2v) is 7.98. The fourth-order valence-electron chi connectivity index (χ4n) is 2.55. The molecule has 1 N–H and O–H groups in total. The molecule has 0 saturated carbocycles. The highest BCUT2D eigenvalue weighted by Gasteiger charge is 2.25. The number of hydrogen-bond acceptors (Lipinski definition) is 3. The standard InChI is InChI=1S/C16H24FNOS/c1-11-9-15(13(12(2)19)10-14(11)17)18-6-5-16(3,4)20-8-7-18/h9-10,12,19H,5-8H2,1-4H3/t12-/m0/s1. The van der Waals surface area contributed by atoms with Gasteiger partial charge in [-0.05, 0) is 38.0 Å². The van der Waals surface area contributed by atoms with Gasteiger partial charge in [0.15, 0.2) is 0 Å². The second-order valence-electron chi connectivity index (χ2n) is 6.18. The SMILES string of the molecule is Cc1cc(N2CCSC(C)(C)CC2)c([C@H](C)O)cc1F. The molecule has 1 atom stereocenters. The summed E-state index contributed by atoms with van der Waals surface area (Å²) >= 11 is 1.98. The number of hydrogen-bond donors (Lipinski definition) is 1. The van der Waals surface area contributed by atoms with Crippen molar-refractivity contribution in [1.29, 1.82) is 0 Å². The van der Waals surface area contributed by atoms with Crippen molar-refractivity contribution in [2.24, 2.45) is 0 Å². The molecule has 0 aromatic heterocycles. The van der Waals surface area contributed by atoms with E-state index in [1.54, 1.807) is 13.8 Å². The lowest BCUT2D eigenvalue weighted by atomic mass is 10.0. The van der Waals surface area contributed by atoms with E-state index in [2.05, 4.69) is 18.7 Å². The summed E-state index contributed by atoms with van der Waals surface area (Å²) in [6.45, 7) is 9.91. The fraction of sp³-hybridized carbons (Fsp3) is 0.625. The van der Waals surface area contributed by atoms with Gasteiger partial charge in [0.1, 0.15) is 5.82 Å². The predicted octanol–water partition coefficient (Wildman–Crippen LogP) is 3.91. The number of nitrogens with zero attached hydrogens (tertiary/aromatic N) is 1. The first-order valence-electron chi connectivity index (χ1n) is 7.17. The zero-order valence-electron chi connectivity index (χ0n) is 12.7. The largest absolute Gasteiger partial charge is 0.389 e. The van der Waals surface area contributed by atoms with Gasteiger partial charge in [0.05, 0.1) is 6.10 Å². The van der Waals surface area contributed by atoms with Crippen LogP contribution in [-0.4, -0.2) is 28.7 Å². The van der Waals surface area contributed by atoms with Crippen molar-refractivity contribution in [3.63, 3.8) is 0 Å². The summed E-state index contributed by atoms with van der Waals surface area (Å²) in [7, 11) is 0. The van der Waals surface area contributed by atoms with Gasteiger partial charge in [-0.3, -0.25) is 0 Å². The van der Waals surface area contributed by atoms with E-state index in [4.69, 9.17) is 0 Å². The highest BCUT2D eigenvalue weighted by atomic mass is 32.2. The summed E-state index contributed by atoms with van der Waals surface area (Å²) < 4.78 is 14.0. The maximum atomic E-state index is 13.8. The van der Waals surface area contributed by atoms with Crippen LogP contribution in [-0.2, 0) is 0 Å². The lowest BCUT2D eigenvalue weighted by Gasteiger charge is -2.27. The lowest BCUT2D eigenvalue weighted by molar-refractivity contribution is 0.199. The summed E-state index contributed by atoms with van der Waals surface area (Å²) in [5.41, 5.74) is 2.32. The van der Waals surface area contributed by atoms with Gasteiger partial charge in [-0.25, -0.2) is 4.39 Å². The molecule has 20 heavy (non-hydrogen) atoms. The molecule has 1 aromatic carbocycles. The fourth-order valence-corrected chi connectivity index (χ4v) is 3.65. The topological polar surface area (TPSA) is 23.5 Å². The number of rotatable bonds is 2. The van der Waals surface area contributed by atoms with Gasteiger partial charge < -0.3 is 10.0 Å². The van der Waals surface area contributed by atoms with Crippen LogP contribution in [0.5, 0.6) is 0 Å². The predicted molar refractivity (Wildman–Crippen MR) is 85.1 cm³/mol. The average molecular weight is 297 g/mol. The second kappa shape index (κ2) is 5.94. The number of aryl methyl sites for hydroxylation is 1. The summed E-state index contributed by atoms with van der Waals surface area (Å²) in [5, 5.41) is 9.92. The van der Waals surface area contributed by atoms with Crippen LogP contribution < -0.4 is 4.90 Å². The Morgan fingerprint density at radius 3 is 2.70 bits per heavy atom. The van der Waals surface area contributed by atoms with E-state index in [0.29, 0.717) is 11.1 Å². The molecule has 0 amide bonds. The minimum absolute atomic E-state index is 0.242. The van der Waals surface area contributed by atoms with E-state index >= 15 is 0 Å². The molecule has 1 heterocycles. The highest BCUT2D eigenvalue weighted by Crippen LogP contribution is 2.35. The molecule has 1 saturated heterocycles. The van der Waals surface area contributed by atoms with Gasteiger partial charge in [0.25, 0.3) is 0 Å². The number of halogens is 1. The Kier molecular flexibility index (Phi) is 4.65. The smallest absolute Gasteiger partial charge is 0.126 e. The third kappa shape index (κ3) is 3.47. The van der Waals surface area contributed by atoms with Crippen LogP contribution in [0.3, 0.4) is 0 Å². The van der Waals surface area contributed by atoms with Crippen LogP contribution in [0.4, 0.5) is 10.1 Å². The number of aliphatic hydroxyl groups is 1.